The Morgan fingerprint density at radius 2 is 1.67 bits per heavy atom. The van der Waals surface area contributed by atoms with E-state index in [4.69, 9.17) is 5.73 Å². The van der Waals surface area contributed by atoms with E-state index in [2.05, 4.69) is 11.6 Å². The Morgan fingerprint density at radius 3 is 2.24 bits per heavy atom. The number of hydrogen-bond donors (Lipinski definition) is 2. The minimum absolute atomic E-state index is 0.0356. The van der Waals surface area contributed by atoms with Crippen molar-refractivity contribution in [1.29, 1.82) is 0 Å². The Balaban J connectivity index is 1.91. The molecule has 4 nitrogen and oxygen atoms in total. The van der Waals surface area contributed by atoms with Crippen LogP contribution in [0.25, 0.3) is 0 Å². The van der Waals surface area contributed by atoms with Gasteiger partial charge in [0.05, 0.1) is 5.75 Å². The highest BCUT2D eigenvalue weighted by Crippen LogP contribution is 2.35. The van der Waals surface area contributed by atoms with E-state index >= 15 is 0 Å². The van der Waals surface area contributed by atoms with E-state index in [0.717, 1.165) is 24.0 Å². The lowest BCUT2D eigenvalue weighted by Crippen LogP contribution is -2.37. The van der Waals surface area contributed by atoms with Crippen molar-refractivity contribution in [1.82, 2.24) is 4.72 Å². The van der Waals surface area contributed by atoms with Gasteiger partial charge in [-0.15, -0.1) is 0 Å². The van der Waals surface area contributed by atoms with E-state index in [9.17, 15) is 8.42 Å². The summed E-state index contributed by atoms with van der Waals surface area (Å²) < 4.78 is 27.2. The van der Waals surface area contributed by atoms with Gasteiger partial charge in [0.2, 0.25) is 10.0 Å². The van der Waals surface area contributed by atoms with Gasteiger partial charge in [-0.05, 0) is 29.4 Å². The molecule has 2 rings (SSSR count). The number of nitrogens with two attached hydrogens (primary N) is 1. The summed E-state index contributed by atoms with van der Waals surface area (Å²) in [5.74, 6) is 0.0356. The van der Waals surface area contributed by atoms with Crippen LogP contribution in [0, 0.1) is 5.41 Å². The molecular weight excluding hydrogens is 284 g/mol. The van der Waals surface area contributed by atoms with Crippen molar-refractivity contribution in [3.8, 4) is 0 Å². The number of rotatable bonds is 6. The van der Waals surface area contributed by atoms with Crippen LogP contribution in [0.4, 0.5) is 0 Å². The van der Waals surface area contributed by atoms with Gasteiger partial charge >= 0.3 is 0 Å². The van der Waals surface area contributed by atoms with E-state index in [0.29, 0.717) is 13.1 Å². The highest BCUT2D eigenvalue weighted by molar-refractivity contribution is 7.88. The minimum atomic E-state index is -3.27. The van der Waals surface area contributed by atoms with Crippen LogP contribution >= 0.6 is 0 Å². The lowest BCUT2D eigenvalue weighted by atomic mass is 9.76. The fourth-order valence-corrected chi connectivity index (χ4v) is 4.21. The molecule has 1 aliphatic rings. The Hall–Kier alpha value is -0.910. The fraction of sp³-hybridized carbons (Fsp3) is 0.625. The van der Waals surface area contributed by atoms with Gasteiger partial charge in [0.15, 0.2) is 0 Å². The van der Waals surface area contributed by atoms with Gasteiger partial charge in [0, 0.05) is 13.1 Å². The predicted octanol–water partition coefficient (Wildman–Crippen LogP) is 2.54. The van der Waals surface area contributed by atoms with Crippen molar-refractivity contribution in [3.05, 3.63) is 35.4 Å². The van der Waals surface area contributed by atoms with Gasteiger partial charge in [-0.2, -0.15) is 0 Å². The molecule has 1 aromatic rings. The zero-order chi connectivity index (χ0) is 15.3. The molecule has 0 unspecified atom stereocenters. The molecule has 0 heterocycles. The third-order valence-corrected chi connectivity index (χ3v) is 5.69. The number of hydrogen-bond acceptors (Lipinski definition) is 3. The summed E-state index contributed by atoms with van der Waals surface area (Å²) in [7, 11) is -3.27. The molecule has 0 saturated heterocycles. The van der Waals surface area contributed by atoms with E-state index in [-0.39, 0.29) is 11.2 Å². The van der Waals surface area contributed by atoms with Gasteiger partial charge in [0.1, 0.15) is 0 Å². The standard InChI is InChI=1S/C16H26N2O2S/c1-16(9-3-2-4-10-16)13-18-21(19,20)12-15-7-5-14(11-17)6-8-15/h5-8,18H,2-4,9-13,17H2,1H3. The second-order valence-corrected chi connectivity index (χ2v) is 8.28. The molecule has 0 radical (unpaired) electrons. The van der Waals surface area contributed by atoms with Crippen molar-refractivity contribution in [2.45, 2.75) is 51.3 Å². The number of benzene rings is 1. The molecule has 3 N–H and O–H groups in total. The molecule has 0 aliphatic heterocycles. The van der Waals surface area contributed by atoms with Crippen molar-refractivity contribution in [3.63, 3.8) is 0 Å². The summed E-state index contributed by atoms with van der Waals surface area (Å²) in [6.07, 6.45) is 5.91. The molecule has 118 valence electrons. The van der Waals surface area contributed by atoms with Crippen LogP contribution in [0.1, 0.15) is 50.2 Å². The first-order chi connectivity index (χ1) is 9.92. The molecule has 0 bridgehead atoms. The summed E-state index contributed by atoms with van der Waals surface area (Å²) in [6.45, 7) is 3.21. The molecule has 1 fully saturated rings. The van der Waals surface area contributed by atoms with Crippen LogP contribution in [-0.4, -0.2) is 15.0 Å². The summed E-state index contributed by atoms with van der Waals surface area (Å²) in [6, 6.07) is 7.44. The maximum atomic E-state index is 12.2. The molecular formula is C16H26N2O2S. The molecule has 0 aromatic heterocycles. The molecule has 1 aromatic carbocycles. The largest absolute Gasteiger partial charge is 0.326 e. The normalized spacial score (nSPS) is 18.6. The Morgan fingerprint density at radius 1 is 1.10 bits per heavy atom. The highest BCUT2D eigenvalue weighted by Gasteiger charge is 2.28. The van der Waals surface area contributed by atoms with Crippen molar-refractivity contribution >= 4 is 10.0 Å². The van der Waals surface area contributed by atoms with E-state index in [1.165, 1.54) is 19.3 Å². The number of sulfonamides is 1. The Kier molecular flexibility index (Phi) is 5.41. The summed E-state index contributed by atoms with van der Waals surface area (Å²) >= 11 is 0. The van der Waals surface area contributed by atoms with Crippen molar-refractivity contribution in [2.24, 2.45) is 11.1 Å². The van der Waals surface area contributed by atoms with Crippen LogP contribution in [0.15, 0.2) is 24.3 Å². The van der Waals surface area contributed by atoms with Crippen molar-refractivity contribution < 1.29 is 8.42 Å². The third-order valence-electron chi connectivity index (χ3n) is 4.39. The van der Waals surface area contributed by atoms with Gasteiger partial charge < -0.3 is 5.73 Å². The minimum Gasteiger partial charge on any atom is -0.326 e. The molecule has 0 atom stereocenters. The van der Waals surface area contributed by atoms with Crippen molar-refractivity contribution in [2.75, 3.05) is 6.54 Å². The molecule has 0 spiro atoms. The topological polar surface area (TPSA) is 72.2 Å². The van der Waals surface area contributed by atoms with E-state index in [1.807, 2.05) is 24.3 Å². The molecule has 1 saturated carbocycles. The maximum Gasteiger partial charge on any atom is 0.215 e. The zero-order valence-corrected chi connectivity index (χ0v) is 13.6. The first kappa shape index (κ1) is 16.5. The zero-order valence-electron chi connectivity index (χ0n) is 12.8. The molecule has 1 aliphatic carbocycles. The van der Waals surface area contributed by atoms with Gasteiger partial charge in [-0.1, -0.05) is 50.5 Å². The average molecular weight is 310 g/mol. The van der Waals surface area contributed by atoms with Gasteiger partial charge in [-0.3, -0.25) is 0 Å². The lowest BCUT2D eigenvalue weighted by molar-refractivity contribution is 0.219. The monoisotopic (exact) mass is 310 g/mol. The maximum absolute atomic E-state index is 12.2. The van der Waals surface area contributed by atoms with E-state index in [1.54, 1.807) is 0 Å². The number of nitrogens with one attached hydrogen (secondary N) is 1. The second kappa shape index (κ2) is 6.90. The molecule has 5 heteroatoms. The fourth-order valence-electron chi connectivity index (χ4n) is 2.91. The Labute approximate surface area is 128 Å². The van der Waals surface area contributed by atoms with Crippen LogP contribution in [-0.2, 0) is 22.3 Å². The quantitative estimate of drug-likeness (QED) is 0.848. The Bertz CT molecular complexity index is 546. The lowest BCUT2D eigenvalue weighted by Gasteiger charge is -2.33. The third kappa shape index (κ3) is 5.09. The summed E-state index contributed by atoms with van der Waals surface area (Å²) in [5, 5.41) is 0. The van der Waals surface area contributed by atoms with Crippen LogP contribution in [0.2, 0.25) is 0 Å². The first-order valence-corrected chi connectivity index (χ1v) is 9.33. The van der Waals surface area contributed by atoms with Crippen LogP contribution < -0.4 is 10.5 Å². The highest BCUT2D eigenvalue weighted by atomic mass is 32.2. The molecule has 0 amide bonds. The second-order valence-electron chi connectivity index (χ2n) is 6.47. The smallest absolute Gasteiger partial charge is 0.215 e. The van der Waals surface area contributed by atoms with E-state index < -0.39 is 10.0 Å². The van der Waals surface area contributed by atoms with Gasteiger partial charge in [0.25, 0.3) is 0 Å². The summed E-state index contributed by atoms with van der Waals surface area (Å²) in [5.41, 5.74) is 7.47. The summed E-state index contributed by atoms with van der Waals surface area (Å²) in [4.78, 5) is 0. The average Bonchev–Trinajstić information content (AvgIpc) is 2.47. The predicted molar refractivity (Wildman–Crippen MR) is 86.2 cm³/mol. The van der Waals surface area contributed by atoms with Crippen LogP contribution in [0.3, 0.4) is 0 Å². The van der Waals surface area contributed by atoms with Gasteiger partial charge in [-0.25, -0.2) is 13.1 Å². The molecule has 21 heavy (non-hydrogen) atoms. The first-order valence-electron chi connectivity index (χ1n) is 7.68. The SMILES string of the molecule is CC1(CNS(=O)(=O)Cc2ccc(CN)cc2)CCCCC1. The van der Waals surface area contributed by atoms with Crippen LogP contribution in [0.5, 0.6) is 0 Å².